The van der Waals surface area contributed by atoms with Crippen molar-refractivity contribution in [1.29, 1.82) is 0 Å². The predicted molar refractivity (Wildman–Crippen MR) is 153 cm³/mol. The van der Waals surface area contributed by atoms with Crippen LogP contribution in [0.4, 0.5) is 17.3 Å². The van der Waals surface area contributed by atoms with Crippen molar-refractivity contribution in [2.45, 2.75) is 4.90 Å². The van der Waals surface area contributed by atoms with Crippen LogP contribution in [0.1, 0.15) is 10.4 Å². The molecule has 1 aromatic heterocycles. The lowest BCUT2D eigenvalue weighted by atomic mass is 10.2. The zero-order valence-electron chi connectivity index (χ0n) is 21.8. The van der Waals surface area contributed by atoms with Crippen LogP contribution in [-0.4, -0.2) is 73.6 Å². The van der Waals surface area contributed by atoms with Gasteiger partial charge in [0.25, 0.3) is 15.9 Å². The molecule has 2 heterocycles. The smallest absolute Gasteiger partial charge is 0.268 e. The Morgan fingerprint density at radius 3 is 2.17 bits per heavy atom. The van der Waals surface area contributed by atoms with Crippen LogP contribution < -0.4 is 14.5 Å². The molecule has 1 fully saturated rings. The lowest BCUT2D eigenvalue weighted by Gasteiger charge is -2.34. The monoisotopic (exact) mass is 558 g/mol. The number of aromatic nitrogens is 2. The summed E-state index contributed by atoms with van der Waals surface area (Å²) in [5, 5.41) is 13.4. The van der Waals surface area contributed by atoms with Gasteiger partial charge in [-0.2, -0.15) is 0 Å². The first-order chi connectivity index (χ1) is 19.4. The van der Waals surface area contributed by atoms with Crippen molar-refractivity contribution in [2.24, 2.45) is 0 Å². The molecule has 0 spiro atoms. The molecule has 11 heteroatoms. The number of nitrogens with one attached hydrogen (secondary N) is 1. The molecule has 0 aliphatic carbocycles. The Morgan fingerprint density at radius 1 is 0.850 bits per heavy atom. The molecule has 4 aromatic rings. The molecule has 0 atom stereocenters. The van der Waals surface area contributed by atoms with E-state index in [0.29, 0.717) is 24.3 Å². The number of benzene rings is 3. The number of hydrogen-bond donors (Lipinski definition) is 2. The molecule has 1 saturated heterocycles. The number of piperazine rings is 1. The van der Waals surface area contributed by atoms with E-state index in [1.54, 1.807) is 60.9 Å². The molecule has 0 radical (unpaired) electrons. The molecule has 0 saturated carbocycles. The molecule has 0 unspecified atom stereocenters. The Morgan fingerprint density at radius 2 is 1.50 bits per heavy atom. The van der Waals surface area contributed by atoms with Crippen molar-refractivity contribution in [3.8, 4) is 5.75 Å². The number of hydrogen-bond acceptors (Lipinski definition) is 8. The molecule has 2 N–H and O–H groups in total. The zero-order valence-corrected chi connectivity index (χ0v) is 22.6. The van der Waals surface area contributed by atoms with E-state index >= 15 is 0 Å². The molecular formula is C29H30N6O4S. The number of carbonyl (C=O) groups excluding carboxylic acids is 1. The maximum Gasteiger partial charge on any atom is 0.268 e. The number of para-hydroxylation sites is 3. The van der Waals surface area contributed by atoms with Crippen LogP contribution in [0.15, 0.2) is 102 Å². The first-order valence-electron chi connectivity index (χ1n) is 12.9. The summed E-state index contributed by atoms with van der Waals surface area (Å²) < 4.78 is 28.5. The average Bonchev–Trinajstić information content (AvgIpc) is 2.99. The van der Waals surface area contributed by atoms with Crippen molar-refractivity contribution in [2.75, 3.05) is 48.5 Å². The van der Waals surface area contributed by atoms with E-state index < -0.39 is 10.0 Å². The molecule has 5 rings (SSSR count). The van der Waals surface area contributed by atoms with Crippen molar-refractivity contribution in [3.63, 3.8) is 0 Å². The van der Waals surface area contributed by atoms with Crippen LogP contribution in [0.2, 0.25) is 0 Å². The highest BCUT2D eigenvalue weighted by Gasteiger charge is 2.29. The van der Waals surface area contributed by atoms with Crippen LogP contribution >= 0.6 is 0 Å². The average molecular weight is 559 g/mol. The second-order valence-corrected chi connectivity index (χ2v) is 11.0. The molecular weight excluding hydrogens is 528 g/mol. The van der Waals surface area contributed by atoms with Crippen molar-refractivity contribution in [1.82, 2.24) is 20.2 Å². The number of carbonyl (C=O) groups is 1. The van der Waals surface area contributed by atoms with Gasteiger partial charge in [-0.25, -0.2) is 22.7 Å². The summed E-state index contributed by atoms with van der Waals surface area (Å²) in [6.45, 7) is 4.48. The number of phenols is 1. The van der Waals surface area contributed by atoms with Gasteiger partial charge in [-0.05, 0) is 54.6 Å². The summed E-state index contributed by atoms with van der Waals surface area (Å²) >= 11 is 0. The van der Waals surface area contributed by atoms with Gasteiger partial charge >= 0.3 is 0 Å². The standard InChI is InChI=1S/C29H30N6O4S/c36-27-10-5-4-9-26(27)35(24-7-2-1-3-8-24)40(38,39)25-13-11-23(12-14-25)28(37)30-17-18-33-19-21-34(22-20-33)29-31-15-6-16-32-29/h1-16,36H,17-22H2,(H,30,37). The normalized spacial score (nSPS) is 14.1. The van der Waals surface area contributed by atoms with Gasteiger partial charge in [0.05, 0.1) is 16.3 Å². The number of amides is 1. The molecule has 3 aromatic carbocycles. The highest BCUT2D eigenvalue weighted by atomic mass is 32.2. The van der Waals surface area contributed by atoms with Crippen molar-refractivity contribution in [3.05, 3.63) is 103 Å². The fourth-order valence-electron chi connectivity index (χ4n) is 4.55. The van der Waals surface area contributed by atoms with E-state index in [1.165, 1.54) is 36.4 Å². The van der Waals surface area contributed by atoms with Crippen LogP contribution in [-0.2, 0) is 10.0 Å². The van der Waals surface area contributed by atoms with Gasteiger partial charge in [0.2, 0.25) is 5.95 Å². The van der Waals surface area contributed by atoms with Crippen LogP contribution in [0.3, 0.4) is 0 Å². The fraction of sp³-hybridized carbons (Fsp3) is 0.207. The highest BCUT2D eigenvalue weighted by Crippen LogP contribution is 2.37. The number of phenolic OH excluding ortho intramolecular Hbond substituents is 1. The van der Waals surface area contributed by atoms with Crippen LogP contribution in [0.5, 0.6) is 5.75 Å². The van der Waals surface area contributed by atoms with Gasteiger partial charge in [0.15, 0.2) is 0 Å². The van der Waals surface area contributed by atoms with E-state index in [0.717, 1.165) is 36.4 Å². The predicted octanol–water partition coefficient (Wildman–Crippen LogP) is 3.26. The second-order valence-electron chi connectivity index (χ2n) is 9.25. The summed E-state index contributed by atoms with van der Waals surface area (Å²) in [5.41, 5.74) is 0.870. The van der Waals surface area contributed by atoms with E-state index in [-0.39, 0.29) is 22.2 Å². The minimum absolute atomic E-state index is 0.00331. The molecule has 0 bridgehead atoms. The summed E-state index contributed by atoms with van der Waals surface area (Å²) in [5.74, 6) is 0.287. The van der Waals surface area contributed by atoms with E-state index in [4.69, 9.17) is 0 Å². The minimum atomic E-state index is -4.11. The highest BCUT2D eigenvalue weighted by molar-refractivity contribution is 7.93. The quantitative estimate of drug-likeness (QED) is 0.321. The number of sulfonamides is 1. The number of rotatable bonds is 9. The lowest BCUT2D eigenvalue weighted by Crippen LogP contribution is -2.49. The molecule has 10 nitrogen and oxygen atoms in total. The summed E-state index contributed by atoms with van der Waals surface area (Å²) in [7, 11) is -4.11. The van der Waals surface area contributed by atoms with Crippen molar-refractivity contribution < 1.29 is 18.3 Å². The Labute approximate surface area is 233 Å². The Bertz CT molecular complexity index is 1530. The number of anilines is 3. The lowest BCUT2D eigenvalue weighted by molar-refractivity contribution is 0.0947. The molecule has 40 heavy (non-hydrogen) atoms. The van der Waals surface area contributed by atoms with E-state index in [2.05, 4.69) is 25.1 Å². The van der Waals surface area contributed by atoms with E-state index in [9.17, 15) is 18.3 Å². The third-order valence-corrected chi connectivity index (χ3v) is 8.42. The first-order valence-corrected chi connectivity index (χ1v) is 14.4. The van der Waals surface area contributed by atoms with Gasteiger partial charge in [0, 0.05) is 57.2 Å². The van der Waals surface area contributed by atoms with Gasteiger partial charge in [-0.1, -0.05) is 30.3 Å². The number of nitrogens with zero attached hydrogens (tertiary/aromatic N) is 5. The Balaban J connectivity index is 1.21. The van der Waals surface area contributed by atoms with Crippen LogP contribution in [0.25, 0.3) is 0 Å². The minimum Gasteiger partial charge on any atom is -0.506 e. The van der Waals surface area contributed by atoms with Gasteiger partial charge in [-0.3, -0.25) is 9.69 Å². The molecule has 1 aliphatic heterocycles. The molecule has 206 valence electrons. The summed E-state index contributed by atoms with van der Waals surface area (Å²) in [6.07, 6.45) is 3.47. The fourth-order valence-corrected chi connectivity index (χ4v) is 6.05. The second kappa shape index (κ2) is 12.1. The van der Waals surface area contributed by atoms with E-state index in [1.807, 2.05) is 0 Å². The third kappa shape index (κ3) is 6.05. The first kappa shape index (κ1) is 27.1. The molecule has 1 amide bonds. The number of aromatic hydroxyl groups is 1. The van der Waals surface area contributed by atoms with Crippen molar-refractivity contribution >= 4 is 33.3 Å². The summed E-state index contributed by atoms with van der Waals surface area (Å²) in [4.78, 5) is 25.8. The SMILES string of the molecule is O=C(NCCN1CCN(c2ncccn2)CC1)c1ccc(S(=O)(=O)N(c2ccccc2)c2ccccc2O)cc1. The van der Waals surface area contributed by atoms with Gasteiger partial charge in [0.1, 0.15) is 5.75 Å². The topological polar surface area (TPSA) is 119 Å². The zero-order chi connectivity index (χ0) is 28.0. The summed E-state index contributed by atoms with van der Waals surface area (Å²) in [6, 6.07) is 22.4. The maximum atomic E-state index is 13.7. The Kier molecular flexibility index (Phi) is 8.23. The third-order valence-electron chi connectivity index (χ3n) is 6.67. The maximum absolute atomic E-state index is 13.7. The Hall–Kier alpha value is -4.48. The molecule has 1 aliphatic rings. The van der Waals surface area contributed by atoms with Gasteiger partial charge < -0.3 is 15.3 Å². The van der Waals surface area contributed by atoms with Gasteiger partial charge in [-0.15, -0.1) is 0 Å². The van der Waals surface area contributed by atoms with Crippen LogP contribution in [0, 0.1) is 0 Å². The largest absolute Gasteiger partial charge is 0.506 e.